The van der Waals surface area contributed by atoms with Gasteiger partial charge in [-0.05, 0) is 0 Å². The van der Waals surface area contributed by atoms with Gasteiger partial charge in [-0.15, -0.1) is 0 Å². The Labute approximate surface area is 114 Å². The van der Waals surface area contributed by atoms with Crippen molar-refractivity contribution in [3.05, 3.63) is 30.3 Å². The van der Waals surface area contributed by atoms with Crippen LogP contribution in [0.15, 0.2) is 30.3 Å². The van der Waals surface area contributed by atoms with Crippen molar-refractivity contribution >= 4 is 25.5 Å². The number of hydrogen-bond donors (Lipinski definition) is 0. The first-order valence-electron chi connectivity index (χ1n) is 6.65. The standard InChI is InChI=1S/C15H26SeSi/c1-12(2)17(13(3)4,14(5)6)16-15-10-8-7-9-11-15/h7-14H,1-6H3. The minimum absolute atomic E-state index is 0.685. The molecule has 0 aromatic heterocycles. The van der Waals surface area contributed by atoms with Crippen LogP contribution in [-0.4, -0.2) is 21.0 Å². The first-order chi connectivity index (χ1) is 7.91. The molecule has 1 aromatic carbocycles. The van der Waals surface area contributed by atoms with Crippen LogP contribution in [0.25, 0.3) is 0 Å². The normalized spacial score (nSPS) is 12.8. The minimum atomic E-state index is -1.21. The summed E-state index contributed by atoms with van der Waals surface area (Å²) in [6, 6.07) is 11.2. The van der Waals surface area contributed by atoms with Crippen molar-refractivity contribution in [2.24, 2.45) is 0 Å². The van der Waals surface area contributed by atoms with Crippen LogP contribution in [0.3, 0.4) is 0 Å². The van der Waals surface area contributed by atoms with Crippen LogP contribution in [0.5, 0.6) is 0 Å². The van der Waals surface area contributed by atoms with Gasteiger partial charge in [0.15, 0.2) is 0 Å². The van der Waals surface area contributed by atoms with Crippen molar-refractivity contribution in [2.75, 3.05) is 0 Å². The molecule has 0 aliphatic rings. The van der Waals surface area contributed by atoms with Crippen molar-refractivity contribution in [3.63, 3.8) is 0 Å². The fraction of sp³-hybridized carbons (Fsp3) is 0.600. The topological polar surface area (TPSA) is 0 Å². The second-order valence-corrected chi connectivity index (χ2v) is 17.8. The van der Waals surface area contributed by atoms with E-state index in [1.807, 2.05) is 0 Å². The second-order valence-electron chi connectivity index (χ2n) is 5.73. The van der Waals surface area contributed by atoms with E-state index in [0.717, 1.165) is 16.6 Å². The Morgan fingerprint density at radius 1 is 0.765 bits per heavy atom. The summed E-state index contributed by atoms with van der Waals surface area (Å²) in [6.07, 6.45) is 0. The third kappa shape index (κ3) is 3.24. The Balaban J connectivity index is 3.07. The van der Waals surface area contributed by atoms with E-state index in [2.05, 4.69) is 71.9 Å². The summed E-state index contributed by atoms with van der Waals surface area (Å²) >= 11 is 0.685. The zero-order valence-electron chi connectivity index (χ0n) is 12.0. The van der Waals surface area contributed by atoms with Crippen LogP contribution in [0.2, 0.25) is 16.6 Å². The van der Waals surface area contributed by atoms with Crippen LogP contribution in [0.1, 0.15) is 41.5 Å². The maximum atomic E-state index is 2.46. The van der Waals surface area contributed by atoms with E-state index < -0.39 is 6.68 Å². The van der Waals surface area contributed by atoms with Gasteiger partial charge in [-0.25, -0.2) is 0 Å². The molecule has 0 aliphatic carbocycles. The molecule has 0 fully saturated rings. The van der Waals surface area contributed by atoms with Crippen LogP contribution in [0.4, 0.5) is 0 Å². The number of rotatable bonds is 5. The molecule has 1 rings (SSSR count). The summed E-state index contributed by atoms with van der Waals surface area (Å²) in [5.74, 6) is 0. The number of benzene rings is 1. The van der Waals surface area contributed by atoms with E-state index in [-0.39, 0.29) is 0 Å². The molecule has 1 aromatic rings. The molecule has 0 unspecified atom stereocenters. The van der Waals surface area contributed by atoms with Gasteiger partial charge in [0.1, 0.15) is 0 Å². The van der Waals surface area contributed by atoms with Gasteiger partial charge < -0.3 is 0 Å². The predicted molar refractivity (Wildman–Crippen MR) is 82.9 cm³/mol. The van der Waals surface area contributed by atoms with Crippen LogP contribution < -0.4 is 4.46 Å². The van der Waals surface area contributed by atoms with Gasteiger partial charge in [0.25, 0.3) is 0 Å². The van der Waals surface area contributed by atoms with E-state index in [9.17, 15) is 0 Å². The van der Waals surface area contributed by atoms with Gasteiger partial charge in [0.05, 0.1) is 0 Å². The fourth-order valence-corrected chi connectivity index (χ4v) is 16.5. The SMILES string of the molecule is CC(C)[Si]([Se]c1ccccc1)(C(C)C)C(C)C. The Bertz CT molecular complexity index is 308. The van der Waals surface area contributed by atoms with Crippen LogP contribution >= 0.6 is 0 Å². The van der Waals surface area contributed by atoms with Gasteiger partial charge in [-0.3, -0.25) is 0 Å². The maximum absolute atomic E-state index is 2.46. The summed E-state index contributed by atoms with van der Waals surface area (Å²) in [4.78, 5) is 0. The molecule has 0 spiro atoms. The van der Waals surface area contributed by atoms with Crippen molar-refractivity contribution in [3.8, 4) is 0 Å². The molecular weight excluding hydrogens is 287 g/mol. The molecule has 0 N–H and O–H groups in total. The fourth-order valence-electron chi connectivity index (χ4n) is 3.05. The quantitative estimate of drug-likeness (QED) is 0.715. The summed E-state index contributed by atoms with van der Waals surface area (Å²) in [7, 11) is 0. The zero-order chi connectivity index (χ0) is 13.1. The Morgan fingerprint density at radius 2 is 1.18 bits per heavy atom. The average Bonchev–Trinajstić information content (AvgIpc) is 2.25. The van der Waals surface area contributed by atoms with E-state index in [1.54, 1.807) is 4.46 Å². The Hall–Kier alpha value is -0.0436. The van der Waals surface area contributed by atoms with Crippen molar-refractivity contribution in [1.29, 1.82) is 0 Å². The Kier molecular flexibility index (Phi) is 5.49. The molecule has 0 nitrogen and oxygen atoms in total. The molecule has 0 atom stereocenters. The van der Waals surface area contributed by atoms with E-state index >= 15 is 0 Å². The van der Waals surface area contributed by atoms with Gasteiger partial charge >= 0.3 is 114 Å². The summed E-state index contributed by atoms with van der Waals surface area (Å²) in [5.41, 5.74) is 2.63. The van der Waals surface area contributed by atoms with Gasteiger partial charge in [0.2, 0.25) is 0 Å². The third-order valence-electron chi connectivity index (χ3n) is 3.74. The molecule has 0 amide bonds. The van der Waals surface area contributed by atoms with Crippen molar-refractivity contribution < 1.29 is 0 Å². The predicted octanol–water partition coefficient (Wildman–Crippen LogP) is 4.19. The molecular formula is C15H26SeSi. The molecule has 96 valence electrons. The molecule has 0 saturated heterocycles. The third-order valence-corrected chi connectivity index (χ3v) is 22.9. The average molecular weight is 313 g/mol. The van der Waals surface area contributed by atoms with E-state index in [4.69, 9.17) is 0 Å². The summed E-state index contributed by atoms with van der Waals surface area (Å²) in [6.45, 7) is 13.5. The zero-order valence-corrected chi connectivity index (χ0v) is 14.7. The first kappa shape index (κ1) is 15.0. The monoisotopic (exact) mass is 314 g/mol. The second kappa shape index (κ2) is 6.22. The molecule has 0 heterocycles. The molecule has 17 heavy (non-hydrogen) atoms. The van der Waals surface area contributed by atoms with Gasteiger partial charge in [0, 0.05) is 0 Å². The molecule has 0 saturated carbocycles. The van der Waals surface area contributed by atoms with Gasteiger partial charge in [-0.2, -0.15) is 0 Å². The van der Waals surface area contributed by atoms with Crippen LogP contribution in [0, 0.1) is 0 Å². The van der Waals surface area contributed by atoms with Gasteiger partial charge in [-0.1, -0.05) is 0 Å². The van der Waals surface area contributed by atoms with Crippen LogP contribution in [-0.2, 0) is 0 Å². The van der Waals surface area contributed by atoms with E-state index in [0.29, 0.717) is 14.3 Å². The Morgan fingerprint density at radius 3 is 1.53 bits per heavy atom. The molecule has 2 heteroatoms. The van der Waals surface area contributed by atoms with Crippen molar-refractivity contribution in [1.82, 2.24) is 0 Å². The summed E-state index contributed by atoms with van der Waals surface area (Å²) < 4.78 is 1.60. The first-order valence-corrected chi connectivity index (χ1v) is 12.2. The molecule has 0 radical (unpaired) electrons. The summed E-state index contributed by atoms with van der Waals surface area (Å²) in [5, 5.41) is 0. The van der Waals surface area contributed by atoms with Crippen molar-refractivity contribution in [2.45, 2.75) is 58.2 Å². The molecule has 0 aliphatic heterocycles. The van der Waals surface area contributed by atoms with E-state index in [1.165, 1.54) is 0 Å². The molecule has 0 bridgehead atoms. The number of hydrogen-bond acceptors (Lipinski definition) is 0.